The van der Waals surface area contributed by atoms with Gasteiger partial charge in [0.05, 0.1) is 11.0 Å². The van der Waals surface area contributed by atoms with Gasteiger partial charge >= 0.3 is 5.97 Å². The van der Waals surface area contributed by atoms with E-state index in [4.69, 9.17) is 4.74 Å². The molecule has 1 N–H and O–H groups in total. The Morgan fingerprint density at radius 1 is 0.969 bits per heavy atom. The van der Waals surface area contributed by atoms with Gasteiger partial charge in [-0.25, -0.2) is 4.79 Å². The zero-order valence-corrected chi connectivity index (χ0v) is 18.0. The molecule has 6 rings (SSSR count). The van der Waals surface area contributed by atoms with E-state index in [0.717, 1.165) is 62.9 Å². The Kier molecular flexibility index (Phi) is 4.31. The Bertz CT molecular complexity index is 1120. The summed E-state index contributed by atoms with van der Waals surface area (Å²) in [5, 5.41) is 3.27. The monoisotopic (exact) mass is 430 g/mol. The number of likely N-dealkylation sites (tertiary alicyclic amines) is 1. The van der Waals surface area contributed by atoms with E-state index in [0.29, 0.717) is 23.2 Å². The number of hydrogen-bond donors (Lipinski definition) is 1. The largest absolute Gasteiger partial charge is 0.449 e. The van der Waals surface area contributed by atoms with Crippen LogP contribution in [0.15, 0.2) is 42.5 Å². The van der Waals surface area contributed by atoms with Crippen molar-refractivity contribution in [3.8, 4) is 0 Å². The smallest absolute Gasteiger partial charge is 0.340 e. The summed E-state index contributed by atoms with van der Waals surface area (Å²) in [5.74, 6) is -0.354. The molecule has 1 spiro atoms. The highest BCUT2D eigenvalue weighted by molar-refractivity contribution is 6.14. The molecule has 0 bridgehead atoms. The number of ketones is 1. The lowest BCUT2D eigenvalue weighted by atomic mass is 9.82. The summed E-state index contributed by atoms with van der Waals surface area (Å²) in [6, 6.07) is 13.0. The van der Waals surface area contributed by atoms with Crippen LogP contribution in [0.2, 0.25) is 0 Å². The van der Waals surface area contributed by atoms with E-state index in [1.807, 2.05) is 41.3 Å². The molecule has 164 valence electrons. The first-order valence-electron chi connectivity index (χ1n) is 11.6. The van der Waals surface area contributed by atoms with Crippen molar-refractivity contribution in [1.82, 2.24) is 10.2 Å². The molecule has 3 fully saturated rings. The molecule has 0 radical (unpaired) electrons. The standard InChI is InChI=1S/C26H26N2O4/c29-22(19-4-3-5-20-21(19)24(31)32-26(20)12-13-27-16-26)25(10-11-25)18-8-6-17(7-9-18)23(30)28-14-1-2-15-28/h3-9,27H,1-2,10-16H2. The van der Waals surface area contributed by atoms with Crippen LogP contribution >= 0.6 is 0 Å². The molecule has 32 heavy (non-hydrogen) atoms. The average molecular weight is 431 g/mol. The van der Waals surface area contributed by atoms with Gasteiger partial charge in [-0.3, -0.25) is 9.59 Å². The lowest BCUT2D eigenvalue weighted by molar-refractivity contribution is 0.00157. The number of esters is 1. The van der Waals surface area contributed by atoms with Crippen LogP contribution in [0.1, 0.15) is 74.3 Å². The molecule has 4 aliphatic rings. The molecule has 2 aromatic rings. The lowest BCUT2D eigenvalue weighted by Gasteiger charge is -2.22. The van der Waals surface area contributed by atoms with Gasteiger partial charge in [-0.2, -0.15) is 0 Å². The van der Waals surface area contributed by atoms with Gasteiger partial charge in [-0.1, -0.05) is 30.3 Å². The minimum Gasteiger partial charge on any atom is -0.449 e. The Balaban J connectivity index is 1.32. The second kappa shape index (κ2) is 7.01. The summed E-state index contributed by atoms with van der Waals surface area (Å²) in [5.41, 5.74) is 2.06. The maximum atomic E-state index is 13.8. The Hall–Kier alpha value is -2.99. The second-order valence-electron chi connectivity index (χ2n) is 9.53. The average Bonchev–Trinajstić information content (AvgIpc) is 3.16. The minimum atomic E-state index is -0.642. The highest BCUT2D eigenvalue weighted by atomic mass is 16.6. The van der Waals surface area contributed by atoms with Crippen LogP contribution in [0.25, 0.3) is 0 Å². The Labute approximate surface area is 186 Å². The molecule has 6 nitrogen and oxygen atoms in total. The number of fused-ring (bicyclic) bond motifs is 2. The number of benzene rings is 2. The quantitative estimate of drug-likeness (QED) is 0.596. The van der Waals surface area contributed by atoms with Gasteiger partial charge in [0.15, 0.2) is 11.4 Å². The number of Topliss-reactive ketones (excluding diaryl/α,β-unsaturated/α-hetero) is 1. The fourth-order valence-corrected chi connectivity index (χ4v) is 5.67. The minimum absolute atomic E-state index is 0.0204. The van der Waals surface area contributed by atoms with Crippen molar-refractivity contribution < 1.29 is 19.1 Å². The van der Waals surface area contributed by atoms with Gasteiger partial charge in [-0.15, -0.1) is 0 Å². The molecule has 3 aliphatic heterocycles. The number of hydrogen-bond acceptors (Lipinski definition) is 5. The first-order valence-corrected chi connectivity index (χ1v) is 11.6. The van der Waals surface area contributed by atoms with E-state index in [1.165, 1.54) is 0 Å². The first kappa shape index (κ1) is 19.7. The summed E-state index contributed by atoms with van der Waals surface area (Å²) in [6.07, 6.45) is 4.33. The number of amides is 1. The molecule has 1 saturated carbocycles. The maximum Gasteiger partial charge on any atom is 0.340 e. The summed E-state index contributed by atoms with van der Waals surface area (Å²) in [7, 11) is 0. The second-order valence-corrected chi connectivity index (χ2v) is 9.53. The molecular formula is C26H26N2O4. The molecule has 1 atom stereocenters. The number of rotatable bonds is 4. The molecule has 2 aromatic carbocycles. The van der Waals surface area contributed by atoms with E-state index in [9.17, 15) is 14.4 Å². The van der Waals surface area contributed by atoms with Crippen molar-refractivity contribution in [2.75, 3.05) is 26.2 Å². The molecule has 2 saturated heterocycles. The van der Waals surface area contributed by atoms with E-state index >= 15 is 0 Å². The van der Waals surface area contributed by atoms with Crippen molar-refractivity contribution in [3.63, 3.8) is 0 Å². The summed E-state index contributed by atoms with van der Waals surface area (Å²) in [4.78, 5) is 41.2. The third kappa shape index (κ3) is 2.78. The van der Waals surface area contributed by atoms with E-state index in [-0.39, 0.29) is 11.7 Å². The molecule has 1 amide bonds. The van der Waals surface area contributed by atoms with Gasteiger partial charge in [0, 0.05) is 42.7 Å². The maximum absolute atomic E-state index is 13.8. The topological polar surface area (TPSA) is 75.7 Å². The summed E-state index contributed by atoms with van der Waals surface area (Å²) >= 11 is 0. The molecule has 1 unspecified atom stereocenters. The third-order valence-electron chi connectivity index (χ3n) is 7.67. The van der Waals surface area contributed by atoms with Crippen LogP contribution in [0.4, 0.5) is 0 Å². The molecule has 0 aromatic heterocycles. The van der Waals surface area contributed by atoms with Crippen LogP contribution < -0.4 is 5.32 Å². The Morgan fingerprint density at radius 3 is 2.38 bits per heavy atom. The van der Waals surface area contributed by atoms with Gasteiger partial charge < -0.3 is 15.0 Å². The fraction of sp³-hybridized carbons (Fsp3) is 0.423. The lowest BCUT2D eigenvalue weighted by Crippen LogP contribution is -2.28. The van der Waals surface area contributed by atoms with Crippen molar-refractivity contribution in [2.24, 2.45) is 0 Å². The summed E-state index contributed by atoms with van der Waals surface area (Å²) < 4.78 is 5.80. The molecular weight excluding hydrogens is 404 g/mol. The van der Waals surface area contributed by atoms with Gasteiger partial charge in [0.1, 0.15) is 0 Å². The van der Waals surface area contributed by atoms with Crippen molar-refractivity contribution in [3.05, 3.63) is 70.3 Å². The van der Waals surface area contributed by atoms with Crippen molar-refractivity contribution >= 4 is 17.7 Å². The highest BCUT2D eigenvalue weighted by Crippen LogP contribution is 2.52. The van der Waals surface area contributed by atoms with Crippen LogP contribution in [-0.4, -0.2) is 48.7 Å². The summed E-state index contributed by atoms with van der Waals surface area (Å²) in [6.45, 7) is 3.00. The van der Waals surface area contributed by atoms with Crippen molar-refractivity contribution in [1.29, 1.82) is 0 Å². The third-order valence-corrected chi connectivity index (χ3v) is 7.67. The van der Waals surface area contributed by atoms with Crippen molar-refractivity contribution in [2.45, 2.75) is 43.1 Å². The number of carbonyl (C=O) groups excluding carboxylic acids is 3. The van der Waals surface area contributed by atoms with Gasteiger partial charge in [-0.05, 0) is 49.9 Å². The number of carbonyl (C=O) groups is 3. The van der Waals surface area contributed by atoms with E-state index in [2.05, 4.69) is 5.32 Å². The predicted molar refractivity (Wildman–Crippen MR) is 118 cm³/mol. The molecule has 1 aliphatic carbocycles. The van der Waals surface area contributed by atoms with Gasteiger partial charge in [0.25, 0.3) is 5.91 Å². The fourth-order valence-electron chi connectivity index (χ4n) is 5.67. The molecule has 6 heteroatoms. The normalized spacial score (nSPS) is 25.1. The molecule has 3 heterocycles. The van der Waals surface area contributed by atoms with E-state index in [1.54, 1.807) is 6.07 Å². The number of ether oxygens (including phenoxy) is 1. The SMILES string of the molecule is O=C1OC2(CCNC2)c2cccc(C(=O)C3(c4ccc(C(=O)N5CCCC5)cc4)CC3)c21. The first-order chi connectivity index (χ1) is 15.5. The zero-order chi connectivity index (χ0) is 21.9. The number of nitrogens with zero attached hydrogens (tertiary/aromatic N) is 1. The van der Waals surface area contributed by atoms with Crippen LogP contribution in [-0.2, 0) is 15.8 Å². The van der Waals surface area contributed by atoms with Crippen LogP contribution in [0, 0.1) is 0 Å². The number of nitrogens with one attached hydrogen (secondary N) is 1. The van der Waals surface area contributed by atoms with E-state index < -0.39 is 17.0 Å². The van der Waals surface area contributed by atoms with Crippen LogP contribution in [0.5, 0.6) is 0 Å². The van der Waals surface area contributed by atoms with Gasteiger partial charge in [0.2, 0.25) is 0 Å². The predicted octanol–water partition coefficient (Wildman–Crippen LogP) is 3.20. The Morgan fingerprint density at radius 2 is 1.72 bits per heavy atom. The van der Waals surface area contributed by atoms with Crippen LogP contribution in [0.3, 0.4) is 0 Å². The zero-order valence-electron chi connectivity index (χ0n) is 18.0. The highest BCUT2D eigenvalue weighted by Gasteiger charge is 2.54.